The predicted octanol–water partition coefficient (Wildman–Crippen LogP) is 7.63. The summed E-state index contributed by atoms with van der Waals surface area (Å²) in [5.74, 6) is -1.38. The van der Waals surface area contributed by atoms with Gasteiger partial charge in [-0.2, -0.15) is 26.3 Å². The Bertz CT molecular complexity index is 1310. The highest BCUT2D eigenvalue weighted by Crippen LogP contribution is 2.44. The number of nitrogens with zero attached hydrogens (tertiary/aromatic N) is 1. The average molecular weight is 494 g/mol. The molecule has 0 saturated heterocycles. The third-order valence-corrected chi connectivity index (χ3v) is 6.57. The predicted molar refractivity (Wildman–Crippen MR) is 122 cm³/mol. The van der Waals surface area contributed by atoms with Gasteiger partial charge in [0, 0.05) is 34.3 Å². The standard InChI is InChI=1S/C26H24F6N2O/c1-14(2)22-24(3,4)21-16-7-5-6-8-19(16)33-20(21)11-12-34(22)23(35)17-13-15(25(27,28)29)9-10-18(17)26(30,31)32/h5-14,22,33H,1-4H3. The lowest BCUT2D eigenvalue weighted by molar-refractivity contribution is -0.141. The summed E-state index contributed by atoms with van der Waals surface area (Å²) in [6.07, 6.45) is -6.94. The van der Waals surface area contributed by atoms with E-state index in [1.807, 2.05) is 52.0 Å². The van der Waals surface area contributed by atoms with Crippen LogP contribution in [0.5, 0.6) is 0 Å². The number of hydrogen-bond donors (Lipinski definition) is 1. The molecule has 0 radical (unpaired) electrons. The van der Waals surface area contributed by atoms with Gasteiger partial charge in [-0.1, -0.05) is 45.9 Å². The second-order valence-electron chi connectivity index (χ2n) is 9.65. The normalized spacial score (nSPS) is 18.1. The quantitative estimate of drug-likeness (QED) is 0.365. The van der Waals surface area contributed by atoms with Gasteiger partial charge in [0.15, 0.2) is 0 Å². The van der Waals surface area contributed by atoms with Crippen molar-refractivity contribution in [2.75, 3.05) is 0 Å². The molecule has 4 rings (SSSR count). The number of hydrogen-bond acceptors (Lipinski definition) is 1. The zero-order valence-electron chi connectivity index (χ0n) is 19.5. The Morgan fingerprint density at radius 3 is 2.26 bits per heavy atom. The highest BCUT2D eigenvalue weighted by Gasteiger charge is 2.45. The summed E-state index contributed by atoms with van der Waals surface area (Å²) in [4.78, 5) is 18.1. The van der Waals surface area contributed by atoms with Crippen molar-refractivity contribution < 1.29 is 31.1 Å². The Balaban J connectivity index is 1.92. The Hall–Kier alpha value is -3.23. The third kappa shape index (κ3) is 4.21. The summed E-state index contributed by atoms with van der Waals surface area (Å²) in [5, 5.41) is 0.909. The van der Waals surface area contributed by atoms with Crippen molar-refractivity contribution in [1.29, 1.82) is 0 Å². The number of H-pyrrole nitrogens is 1. The summed E-state index contributed by atoms with van der Waals surface area (Å²) in [5.41, 5.74) is -2.07. The Morgan fingerprint density at radius 2 is 1.66 bits per heavy atom. The molecule has 0 saturated carbocycles. The zero-order chi connectivity index (χ0) is 25.9. The third-order valence-electron chi connectivity index (χ3n) is 6.57. The van der Waals surface area contributed by atoms with E-state index in [9.17, 15) is 31.1 Å². The SMILES string of the molecule is CC(C)C1N(C(=O)c2cc(C(F)(F)F)ccc2C(F)(F)F)C=Cc2[nH]c3ccccc3c2C1(C)C. The van der Waals surface area contributed by atoms with E-state index in [0.717, 1.165) is 21.4 Å². The van der Waals surface area contributed by atoms with Crippen LogP contribution in [0.15, 0.2) is 48.7 Å². The van der Waals surface area contributed by atoms with Crippen LogP contribution in [0.4, 0.5) is 26.3 Å². The summed E-state index contributed by atoms with van der Waals surface area (Å²) >= 11 is 0. The maximum absolute atomic E-state index is 13.8. The lowest BCUT2D eigenvalue weighted by atomic mass is 9.72. The van der Waals surface area contributed by atoms with Crippen LogP contribution in [0, 0.1) is 5.92 Å². The number of aromatic amines is 1. The van der Waals surface area contributed by atoms with E-state index in [2.05, 4.69) is 4.98 Å². The summed E-state index contributed by atoms with van der Waals surface area (Å²) in [6, 6.07) is 7.87. The fraction of sp³-hybridized carbons (Fsp3) is 0.346. The molecule has 0 spiro atoms. The Morgan fingerprint density at radius 1 is 1.00 bits per heavy atom. The van der Waals surface area contributed by atoms with Crippen molar-refractivity contribution >= 4 is 22.9 Å². The number of nitrogens with one attached hydrogen (secondary N) is 1. The van der Waals surface area contributed by atoms with Crippen LogP contribution in [0.1, 0.15) is 60.4 Å². The second kappa shape index (κ2) is 8.17. The van der Waals surface area contributed by atoms with Gasteiger partial charge < -0.3 is 9.88 Å². The zero-order valence-corrected chi connectivity index (χ0v) is 19.5. The van der Waals surface area contributed by atoms with E-state index >= 15 is 0 Å². The Labute approximate surface area is 198 Å². The molecule has 3 nitrogen and oxygen atoms in total. The largest absolute Gasteiger partial charge is 0.417 e. The molecular weight excluding hydrogens is 470 g/mol. The molecule has 1 N–H and O–H groups in total. The van der Waals surface area contributed by atoms with E-state index < -0.39 is 46.4 Å². The van der Waals surface area contributed by atoms with Gasteiger partial charge in [-0.05, 0) is 41.8 Å². The van der Waals surface area contributed by atoms with Gasteiger partial charge in [-0.25, -0.2) is 0 Å². The smallest absolute Gasteiger partial charge is 0.355 e. The van der Waals surface area contributed by atoms with Crippen molar-refractivity contribution in [3.8, 4) is 0 Å². The molecule has 0 bridgehead atoms. The monoisotopic (exact) mass is 494 g/mol. The molecule has 1 aliphatic heterocycles. The van der Waals surface area contributed by atoms with Crippen molar-refractivity contribution in [1.82, 2.24) is 9.88 Å². The molecule has 0 fully saturated rings. The van der Waals surface area contributed by atoms with Crippen molar-refractivity contribution in [2.24, 2.45) is 5.92 Å². The minimum Gasteiger partial charge on any atom is -0.355 e. The summed E-state index contributed by atoms with van der Waals surface area (Å²) in [6.45, 7) is 7.44. The fourth-order valence-corrected chi connectivity index (χ4v) is 5.36. The second-order valence-corrected chi connectivity index (χ2v) is 9.65. The first-order valence-corrected chi connectivity index (χ1v) is 11.0. The van der Waals surface area contributed by atoms with Gasteiger partial charge in [0.1, 0.15) is 0 Å². The van der Waals surface area contributed by atoms with Gasteiger partial charge >= 0.3 is 12.4 Å². The first-order valence-electron chi connectivity index (χ1n) is 11.0. The first kappa shape index (κ1) is 24.9. The highest BCUT2D eigenvalue weighted by molar-refractivity contribution is 5.98. The molecule has 186 valence electrons. The fourth-order valence-electron chi connectivity index (χ4n) is 5.36. The highest BCUT2D eigenvalue weighted by atomic mass is 19.4. The number of carbonyl (C=O) groups excluding carboxylic acids is 1. The van der Waals surface area contributed by atoms with Gasteiger partial charge in [0.2, 0.25) is 0 Å². The van der Waals surface area contributed by atoms with Crippen LogP contribution in [0.3, 0.4) is 0 Å². The molecule has 1 atom stereocenters. The van der Waals surface area contributed by atoms with Gasteiger partial charge in [0.05, 0.1) is 16.7 Å². The number of para-hydroxylation sites is 1. The number of benzene rings is 2. The van der Waals surface area contributed by atoms with Gasteiger partial charge in [0.25, 0.3) is 5.91 Å². The summed E-state index contributed by atoms with van der Waals surface area (Å²) < 4.78 is 81.3. The maximum atomic E-state index is 13.8. The number of fused-ring (bicyclic) bond motifs is 3. The lowest BCUT2D eigenvalue weighted by Gasteiger charge is -2.42. The van der Waals surface area contributed by atoms with Crippen molar-refractivity contribution in [3.63, 3.8) is 0 Å². The molecule has 3 aromatic rings. The molecule has 1 aromatic heterocycles. The topological polar surface area (TPSA) is 36.1 Å². The molecule has 1 amide bonds. The van der Waals surface area contributed by atoms with Crippen LogP contribution >= 0.6 is 0 Å². The number of rotatable bonds is 2. The van der Waals surface area contributed by atoms with Crippen molar-refractivity contribution in [2.45, 2.75) is 51.5 Å². The van der Waals surface area contributed by atoms with E-state index in [-0.39, 0.29) is 5.92 Å². The van der Waals surface area contributed by atoms with Gasteiger partial charge in [-0.15, -0.1) is 0 Å². The van der Waals surface area contributed by atoms with Gasteiger partial charge in [-0.3, -0.25) is 4.79 Å². The van der Waals surface area contributed by atoms with E-state index in [4.69, 9.17) is 0 Å². The van der Waals surface area contributed by atoms with E-state index in [1.54, 1.807) is 6.08 Å². The molecule has 1 aliphatic rings. The number of alkyl halides is 6. The number of amides is 1. The van der Waals surface area contributed by atoms with Crippen LogP contribution < -0.4 is 0 Å². The minimum absolute atomic E-state index is 0.238. The average Bonchev–Trinajstić information content (AvgIpc) is 3.07. The molecule has 2 heterocycles. The molecule has 9 heteroatoms. The Kier molecular flexibility index (Phi) is 5.81. The molecule has 35 heavy (non-hydrogen) atoms. The van der Waals surface area contributed by atoms with E-state index in [0.29, 0.717) is 23.9 Å². The molecule has 0 aliphatic carbocycles. The maximum Gasteiger partial charge on any atom is 0.417 e. The number of aromatic nitrogens is 1. The lowest BCUT2D eigenvalue weighted by Crippen LogP contribution is -2.50. The molecule has 1 unspecified atom stereocenters. The molecule has 2 aromatic carbocycles. The van der Waals surface area contributed by atoms with Crippen molar-refractivity contribution in [3.05, 3.63) is 76.6 Å². The van der Waals surface area contributed by atoms with Crippen LogP contribution in [0.25, 0.3) is 17.0 Å². The van der Waals surface area contributed by atoms with Crippen LogP contribution in [0.2, 0.25) is 0 Å². The number of carbonyl (C=O) groups is 1. The van der Waals surface area contributed by atoms with Crippen LogP contribution in [-0.4, -0.2) is 21.8 Å². The number of halogens is 6. The first-order chi connectivity index (χ1) is 16.1. The van der Waals surface area contributed by atoms with Crippen LogP contribution in [-0.2, 0) is 17.8 Å². The minimum atomic E-state index is -5.01. The molecular formula is C26H24F6N2O. The van der Waals surface area contributed by atoms with E-state index in [1.165, 1.54) is 6.20 Å². The summed E-state index contributed by atoms with van der Waals surface area (Å²) in [7, 11) is 0.